The topological polar surface area (TPSA) is 157 Å². The lowest BCUT2D eigenvalue weighted by atomic mass is 9.94. The van der Waals surface area contributed by atoms with Gasteiger partial charge in [0.25, 0.3) is 0 Å². The van der Waals surface area contributed by atoms with Gasteiger partial charge in [-0.3, -0.25) is 19.2 Å². The number of alkyl carbamates (subject to hydrolysis) is 1. The van der Waals surface area contributed by atoms with Crippen LogP contribution in [0, 0.1) is 13.8 Å². The van der Waals surface area contributed by atoms with E-state index in [4.69, 9.17) is 15.2 Å². The van der Waals surface area contributed by atoms with E-state index in [2.05, 4.69) is 17.6 Å². The summed E-state index contributed by atoms with van der Waals surface area (Å²) in [6, 6.07) is 3.04. The summed E-state index contributed by atoms with van der Waals surface area (Å²) in [5.41, 5.74) is 6.97. The van der Waals surface area contributed by atoms with Crippen LogP contribution in [0.15, 0.2) is 18.2 Å². The molecule has 42 heavy (non-hydrogen) atoms. The maximum atomic E-state index is 14.2. The molecule has 0 aliphatic heterocycles. The second kappa shape index (κ2) is 18.0. The van der Waals surface area contributed by atoms with Crippen molar-refractivity contribution in [2.75, 3.05) is 19.7 Å². The number of esters is 1. The van der Waals surface area contributed by atoms with Crippen molar-refractivity contribution in [1.82, 2.24) is 15.5 Å². The van der Waals surface area contributed by atoms with E-state index >= 15 is 0 Å². The van der Waals surface area contributed by atoms with Crippen LogP contribution in [-0.4, -0.2) is 66.0 Å². The van der Waals surface area contributed by atoms with Crippen LogP contribution < -0.4 is 16.4 Å². The third-order valence-electron chi connectivity index (χ3n) is 6.61. The summed E-state index contributed by atoms with van der Waals surface area (Å²) in [6.07, 6.45) is 3.06. The largest absolute Gasteiger partial charge is 0.466 e. The summed E-state index contributed by atoms with van der Waals surface area (Å²) >= 11 is 0. The number of amides is 4. The molecule has 236 valence electrons. The molecule has 4 N–H and O–H groups in total. The lowest BCUT2D eigenvalue weighted by molar-refractivity contribution is -0.144. The van der Waals surface area contributed by atoms with Gasteiger partial charge in [0, 0.05) is 13.1 Å². The Morgan fingerprint density at radius 1 is 1.00 bits per heavy atom. The monoisotopic (exact) mass is 590 g/mol. The van der Waals surface area contributed by atoms with Crippen LogP contribution in [0.1, 0.15) is 102 Å². The molecule has 2 atom stereocenters. The summed E-state index contributed by atoms with van der Waals surface area (Å²) in [5.74, 6) is -2.38. The molecule has 0 spiro atoms. The van der Waals surface area contributed by atoms with Gasteiger partial charge < -0.3 is 30.7 Å². The van der Waals surface area contributed by atoms with Crippen LogP contribution >= 0.6 is 0 Å². The fraction of sp³-hybridized carbons (Fsp3) is 0.645. The first-order valence-electron chi connectivity index (χ1n) is 14.8. The fourth-order valence-corrected chi connectivity index (χ4v) is 4.44. The molecule has 2 unspecified atom stereocenters. The van der Waals surface area contributed by atoms with Crippen molar-refractivity contribution in [2.24, 2.45) is 5.73 Å². The Morgan fingerprint density at radius 3 is 2.26 bits per heavy atom. The number of hydrogen-bond acceptors (Lipinski definition) is 7. The summed E-state index contributed by atoms with van der Waals surface area (Å²) in [7, 11) is 0. The molecule has 0 radical (unpaired) electrons. The number of nitrogens with one attached hydrogen (secondary N) is 2. The minimum atomic E-state index is -1.35. The molecule has 4 amide bonds. The van der Waals surface area contributed by atoms with E-state index in [9.17, 15) is 24.0 Å². The summed E-state index contributed by atoms with van der Waals surface area (Å²) in [5, 5.41) is 5.27. The number of carbonyl (C=O) groups is 5. The second-order valence-electron chi connectivity index (χ2n) is 11.4. The van der Waals surface area contributed by atoms with Gasteiger partial charge in [-0.25, -0.2) is 4.79 Å². The van der Waals surface area contributed by atoms with Crippen LogP contribution in [0.5, 0.6) is 0 Å². The van der Waals surface area contributed by atoms with Crippen LogP contribution in [0.3, 0.4) is 0 Å². The Bertz CT molecular complexity index is 1070. The van der Waals surface area contributed by atoms with Crippen molar-refractivity contribution in [3.63, 3.8) is 0 Å². The van der Waals surface area contributed by atoms with Crippen molar-refractivity contribution in [2.45, 2.75) is 111 Å². The van der Waals surface area contributed by atoms with E-state index in [1.165, 1.54) is 4.90 Å². The highest BCUT2D eigenvalue weighted by Crippen LogP contribution is 2.28. The maximum Gasteiger partial charge on any atom is 0.408 e. The third-order valence-corrected chi connectivity index (χ3v) is 6.61. The highest BCUT2D eigenvalue weighted by molar-refractivity contribution is 5.94. The molecule has 1 rings (SSSR count). The van der Waals surface area contributed by atoms with Gasteiger partial charge in [-0.05, 0) is 64.7 Å². The summed E-state index contributed by atoms with van der Waals surface area (Å²) in [4.78, 5) is 66.0. The van der Waals surface area contributed by atoms with E-state index in [0.717, 1.165) is 36.8 Å². The molecule has 0 aliphatic rings. The van der Waals surface area contributed by atoms with Crippen molar-refractivity contribution in [1.29, 1.82) is 0 Å². The molecule has 1 aromatic rings. The van der Waals surface area contributed by atoms with Gasteiger partial charge in [0.05, 0.1) is 19.4 Å². The zero-order valence-electron chi connectivity index (χ0n) is 26.3. The SMILES string of the molecule is CCCCCCCN(C(=O)C(CC(N)=O)NC(=O)OC(C)(C)C)C(C(=O)NCCC(=O)OCC)c1cccc(C)c1C. The van der Waals surface area contributed by atoms with E-state index < -0.39 is 53.9 Å². The normalized spacial score (nSPS) is 12.5. The van der Waals surface area contributed by atoms with Gasteiger partial charge in [-0.15, -0.1) is 0 Å². The predicted octanol–water partition coefficient (Wildman–Crippen LogP) is 3.98. The Balaban J connectivity index is 3.53. The second-order valence-corrected chi connectivity index (χ2v) is 11.4. The lowest BCUT2D eigenvalue weighted by Gasteiger charge is -2.35. The van der Waals surface area contributed by atoms with E-state index in [1.54, 1.807) is 39.8 Å². The number of aryl methyl sites for hydroxylation is 1. The van der Waals surface area contributed by atoms with Crippen molar-refractivity contribution in [3.8, 4) is 0 Å². The van der Waals surface area contributed by atoms with Gasteiger partial charge in [-0.2, -0.15) is 0 Å². The molecule has 0 bridgehead atoms. The van der Waals surface area contributed by atoms with Crippen LogP contribution in [-0.2, 0) is 28.7 Å². The van der Waals surface area contributed by atoms with Crippen LogP contribution in [0.25, 0.3) is 0 Å². The van der Waals surface area contributed by atoms with E-state index in [1.807, 2.05) is 19.9 Å². The Hall–Kier alpha value is -3.63. The third kappa shape index (κ3) is 12.9. The van der Waals surface area contributed by atoms with Crippen molar-refractivity contribution in [3.05, 3.63) is 34.9 Å². The molecular weight excluding hydrogens is 540 g/mol. The van der Waals surface area contributed by atoms with Crippen molar-refractivity contribution >= 4 is 29.8 Å². The molecule has 0 heterocycles. The molecule has 11 nitrogen and oxygen atoms in total. The number of nitrogens with zero attached hydrogens (tertiary/aromatic N) is 1. The Kier molecular flexibility index (Phi) is 15.6. The lowest BCUT2D eigenvalue weighted by Crippen LogP contribution is -2.54. The smallest absolute Gasteiger partial charge is 0.408 e. The summed E-state index contributed by atoms with van der Waals surface area (Å²) < 4.78 is 10.3. The van der Waals surface area contributed by atoms with Crippen LogP contribution in [0.4, 0.5) is 4.79 Å². The number of benzene rings is 1. The number of nitrogens with two attached hydrogens (primary N) is 1. The van der Waals surface area contributed by atoms with Crippen LogP contribution in [0.2, 0.25) is 0 Å². The first-order chi connectivity index (χ1) is 19.7. The predicted molar refractivity (Wildman–Crippen MR) is 160 cm³/mol. The standard InChI is InChI=1S/C31H50N4O7/c1-8-10-11-12-13-19-35(29(39)24(20-25(32)36)34-30(40)42-31(5,6)7)27(23-16-14-15-21(3)22(23)4)28(38)33-18-17-26(37)41-9-2/h14-16,24,27H,8-13,17-20H2,1-7H3,(H2,32,36)(H,33,38)(H,34,40). The molecule has 0 aliphatic carbocycles. The Morgan fingerprint density at radius 2 is 1.67 bits per heavy atom. The zero-order valence-corrected chi connectivity index (χ0v) is 26.3. The summed E-state index contributed by atoms with van der Waals surface area (Å²) in [6.45, 7) is 13.0. The van der Waals surface area contributed by atoms with Gasteiger partial charge >= 0.3 is 12.1 Å². The fourth-order valence-electron chi connectivity index (χ4n) is 4.44. The number of rotatable bonds is 17. The Labute approximate surface area is 250 Å². The molecule has 0 saturated heterocycles. The highest BCUT2D eigenvalue weighted by atomic mass is 16.6. The van der Waals surface area contributed by atoms with Gasteiger partial charge in [-0.1, -0.05) is 50.8 Å². The van der Waals surface area contributed by atoms with Crippen molar-refractivity contribution < 1.29 is 33.4 Å². The first kappa shape index (κ1) is 36.4. The number of hydrogen-bond donors (Lipinski definition) is 3. The minimum Gasteiger partial charge on any atom is -0.466 e. The quantitative estimate of drug-likeness (QED) is 0.183. The maximum absolute atomic E-state index is 14.2. The number of ether oxygens (including phenoxy) is 2. The highest BCUT2D eigenvalue weighted by Gasteiger charge is 2.37. The zero-order chi connectivity index (χ0) is 31.9. The van der Waals surface area contributed by atoms with Gasteiger partial charge in [0.1, 0.15) is 17.7 Å². The molecule has 11 heteroatoms. The molecule has 0 aromatic heterocycles. The molecule has 1 aromatic carbocycles. The first-order valence-corrected chi connectivity index (χ1v) is 14.8. The molecule has 0 fully saturated rings. The van der Waals surface area contributed by atoms with Gasteiger partial charge in [0.15, 0.2) is 0 Å². The number of primary amides is 1. The average Bonchev–Trinajstić information content (AvgIpc) is 2.88. The molecule has 0 saturated carbocycles. The average molecular weight is 591 g/mol. The van der Waals surface area contributed by atoms with Gasteiger partial charge in [0.2, 0.25) is 17.7 Å². The van der Waals surface area contributed by atoms with E-state index in [-0.39, 0.29) is 26.1 Å². The molecular formula is C31H50N4O7. The minimum absolute atomic E-state index is 0.0123. The number of carbonyl (C=O) groups excluding carboxylic acids is 5. The van der Waals surface area contributed by atoms with E-state index in [0.29, 0.717) is 12.0 Å². The number of unbranched alkanes of at least 4 members (excludes halogenated alkanes) is 4.